The van der Waals surface area contributed by atoms with Gasteiger partial charge in [0.25, 0.3) is 0 Å². The molecule has 1 radical (unpaired) electrons. The van der Waals surface area contributed by atoms with E-state index in [1.807, 2.05) is 60.7 Å². The third-order valence-corrected chi connectivity index (χ3v) is 8.46. The summed E-state index contributed by atoms with van der Waals surface area (Å²) < 4.78 is 11.9. The number of carboxylic acids is 1. The van der Waals surface area contributed by atoms with Gasteiger partial charge in [0, 0.05) is 0 Å². The number of rotatable bonds is 9. The molecule has 8 nitrogen and oxygen atoms in total. The molecule has 0 saturated heterocycles. The fourth-order valence-corrected chi connectivity index (χ4v) is 4.54. The molecule has 3 rings (SSSR count). The molecular weight excluding hydrogens is 756 g/mol. The Morgan fingerprint density at radius 2 is 0.979 bits per heavy atom. The Balaban J connectivity index is -0.000000595. The molecule has 3 aromatic rings. The Hall–Kier alpha value is -2.20. The fraction of sp³-hybridized carbons (Fsp3) is 0.400. The number of halogens is 2. The summed E-state index contributed by atoms with van der Waals surface area (Å²) in [7, 11) is 7.13. The van der Waals surface area contributed by atoms with Crippen molar-refractivity contribution in [1.29, 1.82) is 0 Å². The van der Waals surface area contributed by atoms with Gasteiger partial charge in [-0.1, -0.05) is 146 Å². The molecule has 0 aliphatic rings. The summed E-state index contributed by atoms with van der Waals surface area (Å²) in [5.41, 5.74) is 6.48. The van der Waals surface area contributed by atoms with Gasteiger partial charge in [0.15, 0.2) is 0 Å². The molecule has 257 valence electrons. The predicted molar refractivity (Wildman–Crippen MR) is 199 cm³/mol. The summed E-state index contributed by atoms with van der Waals surface area (Å²) in [5.74, 6) is 0.188. The van der Waals surface area contributed by atoms with E-state index in [2.05, 4.69) is 120 Å². The van der Waals surface area contributed by atoms with Crippen LogP contribution in [0.25, 0.3) is 0 Å². The quantitative estimate of drug-likeness (QED) is 0.113. The number of carboxylic acid groups (broad SMARTS) is 1. The number of thiol groups is 1. The van der Waals surface area contributed by atoms with Crippen LogP contribution in [0.3, 0.4) is 0 Å². The zero-order valence-electron chi connectivity index (χ0n) is 29.2. The second kappa shape index (κ2) is 27.6. The van der Waals surface area contributed by atoms with Crippen LogP contribution >= 0.6 is 44.7 Å². The standard InChI is InChI=1S/C12H15BrO2.C12H16O2.C11H13BrO2.BHNS.Li.H2O/c1-8(2)9-4-6-10(7-5-9)11(13)12(14)15-3;1-9(2)11-6-4-10(5-7-11)8-12(13)14-3;1-7(2)8-3-5-9(6-4-8)10(12)11(13)14;1-2-3;;/h4-8,11H,1-3H3;4-7,9H,8H2,1-3H3;3-7,10H,1-2H3,(H,13,14);3H;;1H2/q;;;;+1;/p-1. The van der Waals surface area contributed by atoms with Gasteiger partial charge in [0.2, 0.25) is 0 Å². The zero-order valence-corrected chi connectivity index (χ0v) is 33.3. The average molecular weight is 802 g/mol. The molecule has 0 spiro atoms. The number of hydrogen-bond acceptors (Lipinski definition) is 8. The minimum Gasteiger partial charge on any atom is -0.870 e. The first-order chi connectivity index (χ1) is 21.6. The summed E-state index contributed by atoms with van der Waals surface area (Å²) >= 11 is 9.60. The molecule has 48 heavy (non-hydrogen) atoms. The molecule has 2 atom stereocenters. The topological polar surface area (TPSA) is 132 Å². The van der Waals surface area contributed by atoms with E-state index in [0.29, 0.717) is 24.2 Å². The SMILES string of the molecule is CC(C)c1ccc(C(Br)C(=O)O)cc1.COC(=O)C(Br)c1ccc(C(C)C)cc1.COC(=O)Cc1ccc(C(C)C)cc1.[B]=NS.[Li+].[OH-]. The minimum atomic E-state index is -0.859. The van der Waals surface area contributed by atoms with Gasteiger partial charge in [0.05, 0.1) is 20.6 Å². The van der Waals surface area contributed by atoms with Gasteiger partial charge in [-0.3, -0.25) is 14.4 Å². The first kappa shape index (κ1) is 50.2. The molecule has 0 amide bonds. The Labute approximate surface area is 321 Å². The van der Waals surface area contributed by atoms with Crippen LogP contribution in [0, 0.1) is 0 Å². The third kappa shape index (κ3) is 19.7. The molecule has 2 unspecified atom stereocenters. The van der Waals surface area contributed by atoms with Crippen molar-refractivity contribution in [2.45, 2.75) is 75.4 Å². The van der Waals surface area contributed by atoms with Crippen molar-refractivity contribution in [2.24, 2.45) is 4.30 Å². The van der Waals surface area contributed by atoms with Crippen molar-refractivity contribution < 1.29 is 53.3 Å². The second-order valence-corrected chi connectivity index (χ2v) is 13.1. The number of carbonyl (C=O) groups excluding carboxylic acids is 2. The molecule has 0 aliphatic carbocycles. The number of esters is 2. The van der Waals surface area contributed by atoms with Gasteiger partial charge in [-0.25, -0.2) is 0 Å². The van der Waals surface area contributed by atoms with E-state index in [0.717, 1.165) is 16.7 Å². The van der Waals surface area contributed by atoms with Crippen LogP contribution in [-0.2, 0) is 30.3 Å². The Bertz CT molecular complexity index is 1340. The van der Waals surface area contributed by atoms with Crippen LogP contribution in [0.1, 0.15) is 102 Å². The largest absolute Gasteiger partial charge is 1.00 e. The van der Waals surface area contributed by atoms with Crippen LogP contribution in [0.5, 0.6) is 0 Å². The van der Waals surface area contributed by atoms with Gasteiger partial charge in [-0.05, 0) is 51.1 Å². The number of benzene rings is 3. The van der Waals surface area contributed by atoms with Crippen molar-refractivity contribution in [3.8, 4) is 0 Å². The van der Waals surface area contributed by atoms with Crippen molar-refractivity contribution in [2.75, 3.05) is 14.2 Å². The van der Waals surface area contributed by atoms with Crippen molar-refractivity contribution in [3.05, 3.63) is 106 Å². The summed E-state index contributed by atoms with van der Waals surface area (Å²) in [5, 5.41) is 8.77. The average Bonchev–Trinajstić information content (AvgIpc) is 3.04. The van der Waals surface area contributed by atoms with Crippen LogP contribution in [-0.4, -0.2) is 50.3 Å². The smallest absolute Gasteiger partial charge is 0.870 e. The van der Waals surface area contributed by atoms with Gasteiger partial charge in [-0.2, -0.15) is 0 Å². The number of hydrogen-bond donors (Lipinski definition) is 2. The molecule has 0 heterocycles. The number of methoxy groups -OCH3 is 2. The molecule has 3 aromatic carbocycles. The maximum absolute atomic E-state index is 11.3. The van der Waals surface area contributed by atoms with Gasteiger partial charge >= 0.3 is 61.5 Å². The monoisotopic (exact) mass is 800 g/mol. The maximum Gasteiger partial charge on any atom is 1.00 e. The van der Waals surface area contributed by atoms with E-state index in [9.17, 15) is 14.4 Å². The maximum atomic E-state index is 11.3. The normalized spacial score (nSPS) is 10.9. The van der Waals surface area contributed by atoms with E-state index in [-0.39, 0.29) is 41.1 Å². The molecular formula is C35H46BBr2LiNO7S. The Morgan fingerprint density at radius 1 is 0.688 bits per heavy atom. The molecule has 2 N–H and O–H groups in total. The summed E-state index contributed by atoms with van der Waals surface area (Å²) in [6.07, 6.45) is 0.356. The van der Waals surface area contributed by atoms with Crippen molar-refractivity contribution in [1.82, 2.24) is 0 Å². The van der Waals surface area contributed by atoms with E-state index in [4.69, 9.17) is 5.11 Å². The number of aliphatic carboxylic acids is 1. The van der Waals surface area contributed by atoms with E-state index < -0.39 is 10.8 Å². The summed E-state index contributed by atoms with van der Waals surface area (Å²) in [6.45, 7) is 12.8. The molecule has 13 heteroatoms. The Kier molecular flexibility index (Phi) is 28.9. The number of ether oxygens (including phenoxy) is 2. The molecule has 0 saturated carbocycles. The first-order valence-corrected chi connectivity index (χ1v) is 16.8. The first-order valence-electron chi connectivity index (χ1n) is 14.6. The van der Waals surface area contributed by atoms with Crippen molar-refractivity contribution in [3.63, 3.8) is 0 Å². The molecule has 0 aliphatic heterocycles. The summed E-state index contributed by atoms with van der Waals surface area (Å²) in [6, 6.07) is 23.7. The van der Waals surface area contributed by atoms with Crippen LogP contribution in [0.15, 0.2) is 77.1 Å². The van der Waals surface area contributed by atoms with Gasteiger partial charge < -0.3 is 20.1 Å². The number of alkyl halides is 2. The third-order valence-electron chi connectivity index (χ3n) is 6.64. The number of nitrogens with zero attached hydrogens (tertiary/aromatic N) is 1. The van der Waals surface area contributed by atoms with Gasteiger partial charge in [0.1, 0.15) is 9.65 Å². The van der Waals surface area contributed by atoms with Crippen LogP contribution < -0.4 is 18.9 Å². The van der Waals surface area contributed by atoms with Crippen LogP contribution in [0.4, 0.5) is 0 Å². The summed E-state index contributed by atoms with van der Waals surface area (Å²) in [4.78, 5) is 31.9. The molecule has 0 aromatic heterocycles. The predicted octanol–water partition coefficient (Wildman–Crippen LogP) is 6.29. The zero-order chi connectivity index (χ0) is 35.4. The van der Waals surface area contributed by atoms with E-state index in [1.54, 1.807) is 0 Å². The second-order valence-electron chi connectivity index (χ2n) is 11.0. The van der Waals surface area contributed by atoms with Gasteiger partial charge in [-0.15, -0.1) is 0 Å². The number of carbonyl (C=O) groups is 3. The van der Waals surface area contributed by atoms with Crippen molar-refractivity contribution >= 4 is 70.2 Å². The van der Waals surface area contributed by atoms with Crippen LogP contribution in [0.2, 0.25) is 0 Å². The fourth-order valence-electron chi connectivity index (χ4n) is 3.74. The molecule has 0 bridgehead atoms. The van der Waals surface area contributed by atoms with E-state index >= 15 is 0 Å². The van der Waals surface area contributed by atoms with E-state index in [1.165, 1.54) is 30.9 Å². The minimum absolute atomic E-state index is 0. The molecule has 0 fully saturated rings. The Morgan fingerprint density at radius 3 is 1.25 bits per heavy atom.